The van der Waals surface area contributed by atoms with Gasteiger partial charge in [-0.25, -0.2) is 4.98 Å². The minimum Gasteiger partial charge on any atom is -0.311 e. The average Bonchev–Trinajstić information content (AvgIpc) is 3.34. The highest BCUT2D eigenvalue weighted by atomic mass is 32.2. The molecule has 152 valence electrons. The van der Waals surface area contributed by atoms with Crippen molar-refractivity contribution in [2.45, 2.75) is 17.0 Å². The lowest BCUT2D eigenvalue weighted by Gasteiger charge is -2.17. The Hall–Kier alpha value is -3.31. The molecule has 0 saturated heterocycles. The van der Waals surface area contributed by atoms with Gasteiger partial charge in [0.15, 0.2) is 10.3 Å². The molecule has 0 unspecified atom stereocenters. The number of aromatic nitrogens is 4. The predicted octanol–water partition coefficient (Wildman–Crippen LogP) is 4.15. The molecule has 0 bridgehead atoms. The Morgan fingerprint density at radius 2 is 2.10 bits per heavy atom. The van der Waals surface area contributed by atoms with Crippen molar-refractivity contribution < 1.29 is 9.72 Å². The van der Waals surface area contributed by atoms with E-state index < -0.39 is 4.92 Å². The van der Waals surface area contributed by atoms with Gasteiger partial charge in [0.1, 0.15) is 6.33 Å². The molecule has 9 nitrogen and oxygen atoms in total. The number of nitrogens with zero attached hydrogens (tertiary/aromatic N) is 6. The molecule has 0 radical (unpaired) electrons. The van der Waals surface area contributed by atoms with Crippen LogP contribution in [0.3, 0.4) is 0 Å². The maximum atomic E-state index is 13.1. The number of nitro benzene ring substituents is 1. The summed E-state index contributed by atoms with van der Waals surface area (Å²) in [6.07, 6.45) is 1.52. The van der Waals surface area contributed by atoms with Gasteiger partial charge in [-0.05, 0) is 43.0 Å². The van der Waals surface area contributed by atoms with E-state index in [1.807, 2.05) is 31.2 Å². The number of amides is 1. The van der Waals surface area contributed by atoms with E-state index in [0.29, 0.717) is 21.7 Å². The SMILES string of the molecule is CCN(C(=O)c1ccc(Sc2nncn2C)c([N+](=O)[O-])c1)c1nc2ccccc2s1. The Morgan fingerprint density at radius 1 is 1.30 bits per heavy atom. The molecule has 2 heterocycles. The Kier molecular flexibility index (Phi) is 5.46. The number of carbonyl (C=O) groups excluding carboxylic acids is 1. The quantitative estimate of drug-likeness (QED) is 0.327. The van der Waals surface area contributed by atoms with Crippen molar-refractivity contribution in [3.05, 3.63) is 64.5 Å². The highest BCUT2D eigenvalue weighted by Gasteiger charge is 2.24. The second kappa shape index (κ2) is 8.20. The summed E-state index contributed by atoms with van der Waals surface area (Å²) in [5.74, 6) is -0.338. The van der Waals surface area contributed by atoms with Crippen molar-refractivity contribution in [1.82, 2.24) is 19.7 Å². The van der Waals surface area contributed by atoms with Crippen molar-refractivity contribution in [2.24, 2.45) is 7.05 Å². The summed E-state index contributed by atoms with van der Waals surface area (Å²) in [6.45, 7) is 2.23. The second-order valence-corrected chi connectivity index (χ2v) is 8.30. The van der Waals surface area contributed by atoms with Gasteiger partial charge in [-0.3, -0.25) is 19.8 Å². The minimum absolute atomic E-state index is 0.158. The molecule has 0 N–H and O–H groups in total. The van der Waals surface area contributed by atoms with Crippen molar-refractivity contribution in [2.75, 3.05) is 11.4 Å². The van der Waals surface area contributed by atoms with Crippen LogP contribution in [0.25, 0.3) is 10.2 Å². The Morgan fingerprint density at radius 3 is 2.77 bits per heavy atom. The Bertz CT molecular complexity index is 1220. The van der Waals surface area contributed by atoms with Gasteiger partial charge in [0.05, 0.1) is 20.0 Å². The number of anilines is 1. The van der Waals surface area contributed by atoms with Crippen molar-refractivity contribution in [1.29, 1.82) is 0 Å². The first-order valence-electron chi connectivity index (χ1n) is 8.95. The van der Waals surface area contributed by atoms with Crippen LogP contribution in [-0.4, -0.2) is 37.1 Å². The number of thiazole rings is 1. The first-order chi connectivity index (χ1) is 14.5. The van der Waals surface area contributed by atoms with Gasteiger partial charge in [-0.15, -0.1) is 10.2 Å². The van der Waals surface area contributed by atoms with Gasteiger partial charge in [0, 0.05) is 25.2 Å². The molecule has 0 aliphatic carbocycles. The number of hydrogen-bond donors (Lipinski definition) is 0. The summed E-state index contributed by atoms with van der Waals surface area (Å²) < 4.78 is 2.64. The number of fused-ring (bicyclic) bond motifs is 1. The van der Waals surface area contributed by atoms with Crippen LogP contribution in [0.4, 0.5) is 10.8 Å². The van der Waals surface area contributed by atoms with Gasteiger partial charge < -0.3 is 4.57 Å². The molecule has 1 amide bonds. The molecule has 11 heteroatoms. The van der Waals surface area contributed by atoms with Crippen molar-refractivity contribution in [3.63, 3.8) is 0 Å². The zero-order chi connectivity index (χ0) is 21.3. The van der Waals surface area contributed by atoms with Gasteiger partial charge in [0.2, 0.25) is 0 Å². The molecule has 4 rings (SSSR count). The normalized spacial score (nSPS) is 11.0. The van der Waals surface area contributed by atoms with Crippen LogP contribution < -0.4 is 4.90 Å². The molecular formula is C19H16N6O3S2. The molecule has 0 aliphatic rings. The molecule has 0 spiro atoms. The summed E-state index contributed by atoms with van der Waals surface area (Å²) in [4.78, 5) is 30.7. The van der Waals surface area contributed by atoms with Crippen molar-refractivity contribution in [3.8, 4) is 0 Å². The zero-order valence-electron chi connectivity index (χ0n) is 16.1. The predicted molar refractivity (Wildman–Crippen MR) is 115 cm³/mol. The highest BCUT2D eigenvalue weighted by molar-refractivity contribution is 7.99. The van der Waals surface area contributed by atoms with Gasteiger partial charge >= 0.3 is 0 Å². The maximum absolute atomic E-state index is 13.1. The number of para-hydroxylation sites is 1. The van der Waals surface area contributed by atoms with Gasteiger partial charge in [0.25, 0.3) is 11.6 Å². The number of aryl methyl sites for hydroxylation is 1. The lowest BCUT2D eigenvalue weighted by atomic mass is 10.2. The molecule has 0 fully saturated rings. The first kappa shape index (κ1) is 20.0. The minimum atomic E-state index is -0.497. The van der Waals surface area contributed by atoms with Crippen LogP contribution in [0.5, 0.6) is 0 Å². The van der Waals surface area contributed by atoms with Crippen LogP contribution in [0.1, 0.15) is 17.3 Å². The lowest BCUT2D eigenvalue weighted by molar-refractivity contribution is -0.387. The third kappa shape index (κ3) is 3.76. The fraction of sp³-hybridized carbons (Fsp3) is 0.158. The van der Waals surface area contributed by atoms with Crippen LogP contribution in [-0.2, 0) is 7.05 Å². The standard InChI is InChI=1S/C19H16N6O3S2/c1-3-24(18-21-13-6-4-5-7-15(13)29-18)17(26)12-8-9-16(14(10-12)25(27)28)30-19-22-20-11-23(19)2/h4-11H,3H2,1-2H3. The van der Waals surface area contributed by atoms with Gasteiger partial charge in [-0.2, -0.15) is 0 Å². The Labute approximate surface area is 179 Å². The summed E-state index contributed by atoms with van der Waals surface area (Å²) in [6, 6.07) is 12.1. The number of nitro groups is 1. The molecule has 0 atom stereocenters. The van der Waals surface area contributed by atoms with Crippen LogP contribution in [0, 0.1) is 10.1 Å². The molecule has 0 saturated carbocycles. The summed E-state index contributed by atoms with van der Waals surface area (Å²) in [7, 11) is 1.75. The van der Waals surface area contributed by atoms with Gasteiger partial charge in [-0.1, -0.05) is 23.5 Å². The fourth-order valence-corrected chi connectivity index (χ4v) is 4.72. The van der Waals surface area contributed by atoms with Crippen molar-refractivity contribution >= 4 is 50.0 Å². The molecule has 4 aromatic rings. The van der Waals surface area contributed by atoms with E-state index in [0.717, 1.165) is 22.0 Å². The number of carbonyl (C=O) groups is 1. The zero-order valence-corrected chi connectivity index (χ0v) is 17.7. The van der Waals surface area contributed by atoms with E-state index in [1.54, 1.807) is 23.7 Å². The molecule has 0 aliphatic heterocycles. The van der Waals surface area contributed by atoms with E-state index in [-0.39, 0.29) is 17.2 Å². The lowest BCUT2D eigenvalue weighted by Crippen LogP contribution is -2.30. The van der Waals surface area contributed by atoms with E-state index in [2.05, 4.69) is 15.2 Å². The molecule has 2 aromatic carbocycles. The summed E-state index contributed by atoms with van der Waals surface area (Å²) in [5.41, 5.74) is 0.879. The van der Waals surface area contributed by atoms with Crippen LogP contribution in [0.2, 0.25) is 0 Å². The number of rotatable bonds is 6. The third-order valence-corrected chi connectivity index (χ3v) is 6.53. The Balaban J connectivity index is 1.68. The average molecular weight is 441 g/mol. The van der Waals surface area contributed by atoms with Crippen LogP contribution >= 0.6 is 23.1 Å². The third-order valence-electron chi connectivity index (χ3n) is 4.35. The van der Waals surface area contributed by atoms with E-state index in [4.69, 9.17) is 0 Å². The summed E-state index contributed by atoms with van der Waals surface area (Å²) >= 11 is 2.53. The van der Waals surface area contributed by atoms with E-state index >= 15 is 0 Å². The second-order valence-electron chi connectivity index (χ2n) is 6.28. The number of hydrogen-bond acceptors (Lipinski definition) is 8. The molecular weight excluding hydrogens is 424 g/mol. The summed E-state index contributed by atoms with van der Waals surface area (Å²) in [5, 5.41) is 20.4. The highest BCUT2D eigenvalue weighted by Crippen LogP contribution is 2.35. The maximum Gasteiger partial charge on any atom is 0.284 e. The topological polar surface area (TPSA) is 107 Å². The fourth-order valence-electron chi connectivity index (χ4n) is 2.84. The van der Waals surface area contributed by atoms with E-state index in [9.17, 15) is 14.9 Å². The van der Waals surface area contributed by atoms with Crippen LogP contribution in [0.15, 0.2) is 58.8 Å². The monoisotopic (exact) mass is 440 g/mol. The largest absolute Gasteiger partial charge is 0.311 e. The number of benzene rings is 2. The smallest absolute Gasteiger partial charge is 0.284 e. The molecule has 2 aromatic heterocycles. The first-order valence-corrected chi connectivity index (χ1v) is 10.6. The molecule has 30 heavy (non-hydrogen) atoms. The van der Waals surface area contributed by atoms with E-state index in [1.165, 1.54) is 28.6 Å².